The molecule has 1 aliphatic rings. The zero-order valence-corrected chi connectivity index (χ0v) is 11.5. The van der Waals surface area contributed by atoms with Crippen molar-refractivity contribution in [2.24, 2.45) is 0 Å². The maximum absolute atomic E-state index is 11.0. The second-order valence-corrected chi connectivity index (χ2v) is 5.46. The smallest absolute Gasteiger partial charge is 0.336 e. The molecule has 1 heterocycles. The van der Waals surface area contributed by atoms with E-state index >= 15 is 0 Å². The third-order valence-electron chi connectivity index (χ3n) is 3.42. The predicted octanol–water partition coefficient (Wildman–Crippen LogP) is 0.676. The molecule has 0 aromatic rings. The Morgan fingerprint density at radius 2 is 2.22 bits per heavy atom. The van der Waals surface area contributed by atoms with Crippen molar-refractivity contribution in [3.8, 4) is 0 Å². The fraction of sp³-hybridized carbons (Fsp3) is 0.923. The van der Waals surface area contributed by atoms with Gasteiger partial charge in [0, 0.05) is 19.1 Å². The van der Waals surface area contributed by atoms with Gasteiger partial charge < -0.3 is 15.5 Å². The summed E-state index contributed by atoms with van der Waals surface area (Å²) in [6.07, 6.45) is 4.54. The summed E-state index contributed by atoms with van der Waals surface area (Å²) in [5.74, 6) is -1.15. The van der Waals surface area contributed by atoms with Crippen molar-refractivity contribution >= 4 is 5.97 Å². The molecule has 2 atom stereocenters. The molecular weight excluding hydrogens is 232 g/mol. The van der Waals surface area contributed by atoms with E-state index in [1.165, 1.54) is 19.8 Å². The number of hydrogen-bond acceptors (Lipinski definition) is 4. The molecule has 0 saturated carbocycles. The van der Waals surface area contributed by atoms with E-state index in [1.54, 1.807) is 0 Å². The van der Waals surface area contributed by atoms with E-state index in [0.717, 1.165) is 32.5 Å². The van der Waals surface area contributed by atoms with E-state index in [9.17, 15) is 9.90 Å². The average Bonchev–Trinajstić information content (AvgIpc) is 2.30. The largest absolute Gasteiger partial charge is 0.479 e. The average molecular weight is 258 g/mol. The lowest BCUT2D eigenvalue weighted by molar-refractivity contribution is -0.158. The van der Waals surface area contributed by atoms with Gasteiger partial charge in [-0.05, 0) is 39.3 Å². The minimum absolute atomic E-state index is 0.189. The second kappa shape index (κ2) is 7.07. The third-order valence-corrected chi connectivity index (χ3v) is 3.42. The number of carboxylic acid groups (broad SMARTS) is 1. The van der Waals surface area contributed by atoms with Gasteiger partial charge in [-0.25, -0.2) is 4.79 Å². The van der Waals surface area contributed by atoms with E-state index in [2.05, 4.69) is 17.1 Å². The molecule has 3 N–H and O–H groups in total. The number of rotatable bonds is 7. The summed E-state index contributed by atoms with van der Waals surface area (Å²) in [5, 5.41) is 22.3. The summed E-state index contributed by atoms with van der Waals surface area (Å²) in [6.45, 7) is 6.30. The van der Waals surface area contributed by atoms with Crippen LogP contribution in [0, 0.1) is 0 Å². The fourth-order valence-corrected chi connectivity index (χ4v) is 2.45. The van der Waals surface area contributed by atoms with Gasteiger partial charge >= 0.3 is 5.97 Å². The number of hydrogen-bond donors (Lipinski definition) is 3. The van der Waals surface area contributed by atoms with Crippen LogP contribution in [0.4, 0.5) is 0 Å². The van der Waals surface area contributed by atoms with Gasteiger partial charge in [0.15, 0.2) is 5.60 Å². The van der Waals surface area contributed by atoms with Crippen molar-refractivity contribution in [1.29, 1.82) is 0 Å². The Morgan fingerprint density at radius 1 is 1.50 bits per heavy atom. The van der Waals surface area contributed by atoms with E-state index in [1.807, 2.05) is 0 Å². The van der Waals surface area contributed by atoms with Crippen LogP contribution in [0.2, 0.25) is 0 Å². The molecular formula is C13H26N2O3. The van der Waals surface area contributed by atoms with Crippen molar-refractivity contribution in [3.63, 3.8) is 0 Å². The van der Waals surface area contributed by atoms with Gasteiger partial charge in [-0.2, -0.15) is 0 Å². The molecule has 0 aliphatic carbocycles. The zero-order valence-electron chi connectivity index (χ0n) is 11.5. The van der Waals surface area contributed by atoms with Crippen molar-refractivity contribution in [2.45, 2.75) is 51.2 Å². The first-order valence-corrected chi connectivity index (χ1v) is 6.87. The molecule has 0 aromatic heterocycles. The van der Waals surface area contributed by atoms with Crippen LogP contribution < -0.4 is 5.32 Å². The highest BCUT2D eigenvalue weighted by Gasteiger charge is 2.32. The predicted molar refractivity (Wildman–Crippen MR) is 70.6 cm³/mol. The maximum atomic E-state index is 11.0. The molecule has 1 fully saturated rings. The molecule has 0 amide bonds. The maximum Gasteiger partial charge on any atom is 0.336 e. The number of nitrogens with one attached hydrogen (secondary N) is 1. The summed E-state index contributed by atoms with van der Waals surface area (Å²) in [7, 11) is 0. The molecule has 18 heavy (non-hydrogen) atoms. The Balaban J connectivity index is 2.50. The van der Waals surface area contributed by atoms with Crippen LogP contribution in [0.5, 0.6) is 0 Å². The SMILES string of the molecule is CCCN(CC1CCCCN1)CC(C)(O)C(=O)O. The van der Waals surface area contributed by atoms with Gasteiger partial charge in [0.2, 0.25) is 0 Å². The summed E-state index contributed by atoms with van der Waals surface area (Å²) in [4.78, 5) is 13.0. The Morgan fingerprint density at radius 3 is 2.72 bits per heavy atom. The number of aliphatic hydroxyl groups is 1. The highest BCUT2D eigenvalue weighted by molar-refractivity contribution is 5.76. The van der Waals surface area contributed by atoms with E-state index < -0.39 is 11.6 Å². The summed E-state index contributed by atoms with van der Waals surface area (Å²) in [6, 6.07) is 0.426. The van der Waals surface area contributed by atoms with E-state index in [4.69, 9.17) is 5.11 Å². The second-order valence-electron chi connectivity index (χ2n) is 5.46. The molecule has 1 rings (SSSR count). The molecule has 1 aliphatic heterocycles. The van der Waals surface area contributed by atoms with Crippen LogP contribution in [-0.4, -0.2) is 58.9 Å². The standard InChI is InChI=1S/C13H26N2O3/c1-3-8-15(10-13(2,18)12(16)17)9-11-6-4-5-7-14-11/h11,14,18H,3-10H2,1-2H3,(H,16,17). The number of carbonyl (C=O) groups is 1. The molecule has 5 heteroatoms. The van der Waals surface area contributed by atoms with Crippen molar-refractivity contribution < 1.29 is 15.0 Å². The first kappa shape index (κ1) is 15.4. The number of aliphatic carboxylic acids is 1. The molecule has 0 aromatic carbocycles. The van der Waals surface area contributed by atoms with E-state index in [0.29, 0.717) is 6.04 Å². The molecule has 1 saturated heterocycles. The Labute approximate surface area is 109 Å². The van der Waals surface area contributed by atoms with Gasteiger partial charge in [-0.3, -0.25) is 4.90 Å². The summed E-state index contributed by atoms with van der Waals surface area (Å²) >= 11 is 0. The lowest BCUT2D eigenvalue weighted by Gasteiger charge is -2.33. The topological polar surface area (TPSA) is 72.8 Å². The number of nitrogens with zero attached hydrogens (tertiary/aromatic N) is 1. The number of piperidine rings is 1. The molecule has 5 nitrogen and oxygen atoms in total. The van der Waals surface area contributed by atoms with Crippen LogP contribution in [0.15, 0.2) is 0 Å². The lowest BCUT2D eigenvalue weighted by Crippen LogP contribution is -2.51. The first-order valence-electron chi connectivity index (χ1n) is 6.87. The van der Waals surface area contributed by atoms with Crippen LogP contribution in [0.3, 0.4) is 0 Å². The zero-order chi connectivity index (χ0) is 13.6. The van der Waals surface area contributed by atoms with Crippen LogP contribution >= 0.6 is 0 Å². The van der Waals surface area contributed by atoms with Gasteiger partial charge in [-0.1, -0.05) is 13.3 Å². The number of carboxylic acids is 1. The van der Waals surface area contributed by atoms with Crippen LogP contribution in [0.1, 0.15) is 39.5 Å². The highest BCUT2D eigenvalue weighted by Crippen LogP contribution is 2.12. The summed E-state index contributed by atoms with van der Waals surface area (Å²) < 4.78 is 0. The minimum Gasteiger partial charge on any atom is -0.479 e. The minimum atomic E-state index is -1.66. The monoisotopic (exact) mass is 258 g/mol. The van der Waals surface area contributed by atoms with Gasteiger partial charge in [-0.15, -0.1) is 0 Å². The first-order chi connectivity index (χ1) is 8.45. The van der Waals surface area contributed by atoms with Crippen molar-refractivity contribution in [1.82, 2.24) is 10.2 Å². The lowest BCUT2D eigenvalue weighted by atomic mass is 10.0. The van der Waals surface area contributed by atoms with Crippen LogP contribution in [0.25, 0.3) is 0 Å². The Kier molecular flexibility index (Phi) is 6.05. The van der Waals surface area contributed by atoms with Crippen molar-refractivity contribution in [2.75, 3.05) is 26.2 Å². The highest BCUT2D eigenvalue weighted by atomic mass is 16.4. The Bertz CT molecular complexity index is 263. The molecule has 106 valence electrons. The normalized spacial score (nSPS) is 23.9. The summed E-state index contributed by atoms with van der Waals surface area (Å²) in [5.41, 5.74) is -1.66. The molecule has 0 radical (unpaired) electrons. The quantitative estimate of drug-likeness (QED) is 0.626. The van der Waals surface area contributed by atoms with Crippen LogP contribution in [-0.2, 0) is 4.79 Å². The Hall–Kier alpha value is -0.650. The molecule has 0 spiro atoms. The van der Waals surface area contributed by atoms with E-state index in [-0.39, 0.29) is 6.54 Å². The molecule has 2 unspecified atom stereocenters. The molecule has 0 bridgehead atoms. The van der Waals surface area contributed by atoms with Gasteiger partial charge in [0.1, 0.15) is 0 Å². The fourth-order valence-electron chi connectivity index (χ4n) is 2.45. The van der Waals surface area contributed by atoms with Gasteiger partial charge in [0.25, 0.3) is 0 Å². The third kappa shape index (κ3) is 4.92. The van der Waals surface area contributed by atoms with Gasteiger partial charge in [0.05, 0.1) is 0 Å². The van der Waals surface area contributed by atoms with Crippen molar-refractivity contribution in [3.05, 3.63) is 0 Å².